The van der Waals surface area contributed by atoms with Crippen LogP contribution in [0.2, 0.25) is 0 Å². The van der Waals surface area contributed by atoms with Crippen LogP contribution in [0.4, 0.5) is 0 Å². The van der Waals surface area contributed by atoms with E-state index < -0.39 is 0 Å². The molecule has 118 valence electrons. The molecular weight excluding hydrogens is 308 g/mol. The molecular formula is C17H18N4OS. The smallest absolute Gasteiger partial charge is 0.227 e. The van der Waals surface area contributed by atoms with Crippen molar-refractivity contribution >= 4 is 17.2 Å². The monoisotopic (exact) mass is 326 g/mol. The third-order valence-corrected chi connectivity index (χ3v) is 4.97. The van der Waals surface area contributed by atoms with E-state index in [4.69, 9.17) is 5.26 Å². The molecule has 0 bridgehead atoms. The van der Waals surface area contributed by atoms with Crippen molar-refractivity contribution in [3.8, 4) is 16.8 Å². The van der Waals surface area contributed by atoms with Gasteiger partial charge < -0.3 is 9.80 Å². The van der Waals surface area contributed by atoms with Crippen LogP contribution in [-0.2, 0) is 11.3 Å². The molecule has 0 aliphatic carbocycles. The van der Waals surface area contributed by atoms with E-state index in [0.29, 0.717) is 19.6 Å². The predicted molar refractivity (Wildman–Crippen MR) is 89.3 cm³/mol. The fourth-order valence-corrected chi connectivity index (χ4v) is 3.60. The SMILES string of the molecule is CN(Cc1csc(-c2ccccc2)n1)C(=O)C1CCN(C#N)C1. The van der Waals surface area contributed by atoms with Crippen molar-refractivity contribution in [2.75, 3.05) is 20.1 Å². The van der Waals surface area contributed by atoms with Gasteiger partial charge in [0.25, 0.3) is 0 Å². The average molecular weight is 326 g/mol. The van der Waals surface area contributed by atoms with E-state index in [1.54, 1.807) is 28.2 Å². The molecule has 0 saturated carbocycles. The van der Waals surface area contributed by atoms with Crippen LogP contribution in [0.25, 0.3) is 10.6 Å². The molecule has 2 heterocycles. The van der Waals surface area contributed by atoms with Crippen molar-refractivity contribution in [1.29, 1.82) is 5.26 Å². The number of thiazole rings is 1. The van der Waals surface area contributed by atoms with Crippen LogP contribution >= 0.6 is 11.3 Å². The molecule has 1 atom stereocenters. The molecule has 1 unspecified atom stereocenters. The summed E-state index contributed by atoms with van der Waals surface area (Å²) in [6.45, 7) is 1.72. The molecule has 23 heavy (non-hydrogen) atoms. The lowest BCUT2D eigenvalue weighted by molar-refractivity contribution is -0.134. The van der Waals surface area contributed by atoms with Gasteiger partial charge >= 0.3 is 0 Å². The Morgan fingerprint density at radius 1 is 1.48 bits per heavy atom. The van der Waals surface area contributed by atoms with Gasteiger partial charge in [-0.1, -0.05) is 30.3 Å². The zero-order valence-electron chi connectivity index (χ0n) is 13.0. The lowest BCUT2D eigenvalue weighted by atomic mass is 10.1. The van der Waals surface area contributed by atoms with Crippen molar-refractivity contribution in [1.82, 2.24) is 14.8 Å². The Kier molecular flexibility index (Phi) is 4.58. The van der Waals surface area contributed by atoms with Gasteiger partial charge in [-0.05, 0) is 6.42 Å². The van der Waals surface area contributed by atoms with Gasteiger partial charge in [0.2, 0.25) is 5.91 Å². The summed E-state index contributed by atoms with van der Waals surface area (Å²) in [6.07, 6.45) is 2.86. The van der Waals surface area contributed by atoms with E-state index in [1.165, 1.54) is 0 Å². The molecule has 1 saturated heterocycles. The quantitative estimate of drug-likeness (QED) is 0.810. The number of benzene rings is 1. The Morgan fingerprint density at radius 2 is 2.26 bits per heavy atom. The Hall–Kier alpha value is -2.39. The number of carbonyl (C=O) groups is 1. The molecule has 3 rings (SSSR count). The number of hydrogen-bond donors (Lipinski definition) is 0. The first kappa shape index (κ1) is 15.5. The number of nitrogens with zero attached hydrogens (tertiary/aromatic N) is 4. The van der Waals surface area contributed by atoms with Crippen molar-refractivity contribution in [2.45, 2.75) is 13.0 Å². The number of aromatic nitrogens is 1. The number of hydrogen-bond acceptors (Lipinski definition) is 5. The number of rotatable bonds is 4. The summed E-state index contributed by atoms with van der Waals surface area (Å²) in [7, 11) is 1.80. The summed E-state index contributed by atoms with van der Waals surface area (Å²) in [5.41, 5.74) is 2.00. The van der Waals surface area contributed by atoms with Crippen molar-refractivity contribution < 1.29 is 4.79 Å². The molecule has 0 spiro atoms. The van der Waals surface area contributed by atoms with E-state index in [0.717, 1.165) is 22.7 Å². The normalized spacial score (nSPS) is 17.0. The number of carbonyl (C=O) groups excluding carboxylic acids is 1. The molecule has 1 aliphatic heterocycles. The Labute approximate surface area is 139 Å². The van der Waals surface area contributed by atoms with Crippen LogP contribution in [0.3, 0.4) is 0 Å². The molecule has 6 heteroatoms. The molecule has 1 aromatic carbocycles. The van der Waals surface area contributed by atoms with Crippen LogP contribution in [0.5, 0.6) is 0 Å². The molecule has 1 amide bonds. The van der Waals surface area contributed by atoms with E-state index in [2.05, 4.69) is 11.2 Å². The van der Waals surface area contributed by atoms with Gasteiger partial charge in [-0.15, -0.1) is 11.3 Å². The number of likely N-dealkylation sites (tertiary alicyclic amines) is 1. The van der Waals surface area contributed by atoms with Crippen LogP contribution < -0.4 is 0 Å². The molecule has 1 aliphatic rings. The summed E-state index contributed by atoms with van der Waals surface area (Å²) < 4.78 is 0. The minimum absolute atomic E-state index is 0.0770. The van der Waals surface area contributed by atoms with Gasteiger partial charge in [0.05, 0.1) is 18.2 Å². The third-order valence-electron chi connectivity index (χ3n) is 4.03. The summed E-state index contributed by atoms with van der Waals surface area (Å²) in [5, 5.41) is 11.9. The predicted octanol–water partition coefficient (Wildman–Crippen LogP) is 2.57. The van der Waals surface area contributed by atoms with Crippen molar-refractivity contribution in [3.63, 3.8) is 0 Å². The zero-order valence-corrected chi connectivity index (χ0v) is 13.8. The lowest BCUT2D eigenvalue weighted by Crippen LogP contribution is -2.33. The summed E-state index contributed by atoms with van der Waals surface area (Å²) in [4.78, 5) is 20.4. The highest BCUT2D eigenvalue weighted by atomic mass is 32.1. The first-order valence-corrected chi connectivity index (χ1v) is 8.45. The summed E-state index contributed by atoms with van der Waals surface area (Å²) in [6, 6.07) is 10.0. The second kappa shape index (κ2) is 6.80. The fraction of sp³-hybridized carbons (Fsp3) is 0.353. The average Bonchev–Trinajstić information content (AvgIpc) is 3.24. The van der Waals surface area contributed by atoms with Gasteiger partial charge in [0.1, 0.15) is 5.01 Å². The molecule has 1 fully saturated rings. The van der Waals surface area contributed by atoms with Crippen LogP contribution in [-0.4, -0.2) is 40.8 Å². The topological polar surface area (TPSA) is 60.2 Å². The lowest BCUT2D eigenvalue weighted by Gasteiger charge is -2.19. The van der Waals surface area contributed by atoms with Crippen LogP contribution in [0.15, 0.2) is 35.7 Å². The van der Waals surface area contributed by atoms with E-state index in [1.807, 2.05) is 35.7 Å². The van der Waals surface area contributed by atoms with E-state index >= 15 is 0 Å². The Balaban J connectivity index is 1.62. The Morgan fingerprint density at radius 3 is 2.96 bits per heavy atom. The maximum Gasteiger partial charge on any atom is 0.227 e. The van der Waals surface area contributed by atoms with Crippen molar-refractivity contribution in [2.24, 2.45) is 5.92 Å². The second-order valence-corrected chi connectivity index (χ2v) is 6.59. The maximum absolute atomic E-state index is 12.5. The molecule has 2 aromatic rings. The highest BCUT2D eigenvalue weighted by Crippen LogP contribution is 2.24. The summed E-state index contributed by atoms with van der Waals surface area (Å²) in [5.74, 6) is 0.0175. The van der Waals surface area contributed by atoms with Crippen molar-refractivity contribution in [3.05, 3.63) is 41.4 Å². The molecule has 0 radical (unpaired) electrons. The van der Waals surface area contributed by atoms with Gasteiger partial charge in [0.15, 0.2) is 6.19 Å². The van der Waals surface area contributed by atoms with E-state index in [9.17, 15) is 4.79 Å². The first-order chi connectivity index (χ1) is 11.2. The number of nitriles is 1. The largest absolute Gasteiger partial charge is 0.340 e. The zero-order chi connectivity index (χ0) is 16.2. The van der Waals surface area contributed by atoms with Crippen LogP contribution in [0, 0.1) is 17.4 Å². The van der Waals surface area contributed by atoms with Crippen LogP contribution in [0.1, 0.15) is 12.1 Å². The van der Waals surface area contributed by atoms with Gasteiger partial charge in [-0.25, -0.2) is 4.98 Å². The standard InChI is InChI=1S/C17H18N4OS/c1-20(17(22)14-7-8-21(9-14)12-18)10-15-11-23-16(19-15)13-5-3-2-4-6-13/h2-6,11,14H,7-10H2,1H3. The first-order valence-electron chi connectivity index (χ1n) is 7.57. The highest BCUT2D eigenvalue weighted by molar-refractivity contribution is 7.13. The van der Waals surface area contributed by atoms with Gasteiger partial charge in [0, 0.05) is 31.1 Å². The molecule has 5 nitrogen and oxygen atoms in total. The van der Waals surface area contributed by atoms with Gasteiger partial charge in [-0.2, -0.15) is 5.26 Å². The maximum atomic E-state index is 12.5. The third kappa shape index (κ3) is 3.51. The highest BCUT2D eigenvalue weighted by Gasteiger charge is 2.30. The van der Waals surface area contributed by atoms with Gasteiger partial charge in [-0.3, -0.25) is 4.79 Å². The molecule has 1 aromatic heterocycles. The summed E-state index contributed by atoms with van der Waals surface area (Å²) >= 11 is 1.59. The fourth-order valence-electron chi connectivity index (χ4n) is 2.78. The molecule has 0 N–H and O–H groups in total. The number of amides is 1. The Bertz CT molecular complexity index is 722. The minimum Gasteiger partial charge on any atom is -0.340 e. The van der Waals surface area contributed by atoms with E-state index in [-0.39, 0.29) is 11.8 Å². The minimum atomic E-state index is -0.0770. The second-order valence-electron chi connectivity index (χ2n) is 5.74.